The van der Waals surface area contributed by atoms with Crippen molar-refractivity contribution in [3.05, 3.63) is 44.8 Å². The normalized spacial score (nSPS) is 10.3. The van der Waals surface area contributed by atoms with Crippen molar-refractivity contribution < 1.29 is 4.79 Å². The summed E-state index contributed by atoms with van der Waals surface area (Å²) in [6.07, 6.45) is 1.06. The minimum absolute atomic E-state index is 0.0783. The van der Waals surface area contributed by atoms with Gasteiger partial charge in [-0.15, -0.1) is 5.10 Å². The number of aromatic amines is 1. The second kappa shape index (κ2) is 6.74. The number of carbonyl (C=O) groups excluding carboxylic acids is 1. The van der Waals surface area contributed by atoms with E-state index in [1.54, 1.807) is 18.2 Å². The topological polar surface area (TPSA) is 87.7 Å². The lowest BCUT2D eigenvalue weighted by molar-refractivity contribution is -0.113. The van der Waals surface area contributed by atoms with Gasteiger partial charge < -0.3 is 5.32 Å². The summed E-state index contributed by atoms with van der Waals surface area (Å²) >= 11 is 12.7. The molecular formula is C11H8Cl2N4O2S. The van der Waals surface area contributed by atoms with E-state index >= 15 is 0 Å². The molecule has 0 saturated carbocycles. The molecule has 0 bridgehead atoms. The van der Waals surface area contributed by atoms with Crippen molar-refractivity contribution in [2.75, 3.05) is 11.1 Å². The fraction of sp³-hybridized carbons (Fsp3) is 0.0909. The van der Waals surface area contributed by atoms with Gasteiger partial charge in [-0.05, 0) is 18.2 Å². The monoisotopic (exact) mass is 330 g/mol. The van der Waals surface area contributed by atoms with Gasteiger partial charge in [0.1, 0.15) is 6.20 Å². The van der Waals surface area contributed by atoms with E-state index in [0.717, 1.165) is 18.0 Å². The van der Waals surface area contributed by atoms with Crippen LogP contribution in [0, 0.1) is 0 Å². The minimum atomic E-state index is -0.368. The number of H-pyrrole nitrogens is 1. The third kappa shape index (κ3) is 4.22. The number of rotatable bonds is 4. The Morgan fingerprint density at radius 1 is 1.35 bits per heavy atom. The second-order valence-electron chi connectivity index (χ2n) is 3.60. The molecule has 0 aliphatic carbocycles. The molecule has 0 atom stereocenters. The van der Waals surface area contributed by atoms with Gasteiger partial charge in [0.25, 0.3) is 5.56 Å². The Labute approximate surface area is 127 Å². The van der Waals surface area contributed by atoms with Gasteiger partial charge in [0.05, 0.1) is 15.8 Å². The first-order chi connectivity index (χ1) is 9.54. The van der Waals surface area contributed by atoms with Crippen LogP contribution in [0.3, 0.4) is 0 Å². The number of thioether (sulfide) groups is 1. The summed E-state index contributed by atoms with van der Waals surface area (Å²) in [5.74, 6) is -0.186. The lowest BCUT2D eigenvalue weighted by Crippen LogP contribution is -2.15. The van der Waals surface area contributed by atoms with E-state index in [-0.39, 0.29) is 22.4 Å². The van der Waals surface area contributed by atoms with Gasteiger partial charge in [0.2, 0.25) is 5.91 Å². The van der Waals surface area contributed by atoms with Crippen molar-refractivity contribution in [1.82, 2.24) is 15.2 Å². The molecule has 2 rings (SSSR count). The maximum Gasteiger partial charge on any atom is 0.270 e. The fourth-order valence-electron chi connectivity index (χ4n) is 1.27. The smallest absolute Gasteiger partial charge is 0.270 e. The number of carbonyl (C=O) groups is 1. The molecule has 0 spiro atoms. The largest absolute Gasteiger partial charge is 0.325 e. The molecule has 20 heavy (non-hydrogen) atoms. The molecule has 0 saturated heterocycles. The number of anilines is 1. The maximum atomic E-state index is 11.7. The van der Waals surface area contributed by atoms with E-state index < -0.39 is 0 Å². The van der Waals surface area contributed by atoms with Crippen LogP contribution in [-0.2, 0) is 4.79 Å². The second-order valence-corrected chi connectivity index (χ2v) is 5.38. The van der Waals surface area contributed by atoms with Crippen LogP contribution in [0.2, 0.25) is 10.0 Å². The quantitative estimate of drug-likeness (QED) is 0.839. The van der Waals surface area contributed by atoms with Crippen molar-refractivity contribution in [2.24, 2.45) is 0 Å². The number of nitrogens with zero attached hydrogens (tertiary/aromatic N) is 2. The Morgan fingerprint density at radius 2 is 2.15 bits per heavy atom. The Kier molecular flexibility index (Phi) is 4.99. The molecule has 9 heteroatoms. The van der Waals surface area contributed by atoms with Crippen LogP contribution < -0.4 is 10.9 Å². The van der Waals surface area contributed by atoms with Gasteiger partial charge >= 0.3 is 0 Å². The zero-order chi connectivity index (χ0) is 14.5. The molecule has 0 unspecified atom stereocenters. The molecular weight excluding hydrogens is 323 g/mol. The lowest BCUT2D eigenvalue weighted by atomic mass is 10.3. The first-order valence-electron chi connectivity index (χ1n) is 5.34. The van der Waals surface area contributed by atoms with Crippen LogP contribution in [0.1, 0.15) is 0 Å². The van der Waals surface area contributed by atoms with Crippen molar-refractivity contribution in [3.8, 4) is 0 Å². The molecule has 1 heterocycles. The Bertz CT molecular complexity index is 692. The standard InChI is InChI=1S/C11H8Cl2N4O2S/c12-7-2-1-6(3-8(7)13)15-10(19)5-20-11-16-9(18)4-14-17-11/h1-4H,5H2,(H,15,19)(H,16,17,18). The highest BCUT2D eigenvalue weighted by molar-refractivity contribution is 7.99. The van der Waals surface area contributed by atoms with Gasteiger partial charge in [-0.1, -0.05) is 35.0 Å². The van der Waals surface area contributed by atoms with E-state index in [0.29, 0.717) is 15.7 Å². The average Bonchev–Trinajstić information content (AvgIpc) is 2.41. The molecule has 0 aliphatic rings. The van der Waals surface area contributed by atoms with E-state index in [2.05, 4.69) is 20.5 Å². The molecule has 0 radical (unpaired) electrons. The average molecular weight is 331 g/mol. The van der Waals surface area contributed by atoms with E-state index in [1.165, 1.54) is 0 Å². The summed E-state index contributed by atoms with van der Waals surface area (Å²) in [5.41, 5.74) is 0.171. The van der Waals surface area contributed by atoms with E-state index in [4.69, 9.17) is 23.2 Å². The van der Waals surface area contributed by atoms with Crippen molar-refractivity contribution in [2.45, 2.75) is 5.16 Å². The highest BCUT2D eigenvalue weighted by atomic mass is 35.5. The summed E-state index contributed by atoms with van der Waals surface area (Å²) in [5, 5.41) is 10.9. The Morgan fingerprint density at radius 3 is 2.85 bits per heavy atom. The summed E-state index contributed by atoms with van der Waals surface area (Å²) < 4.78 is 0. The third-order valence-electron chi connectivity index (χ3n) is 2.10. The molecule has 1 amide bonds. The lowest BCUT2D eigenvalue weighted by Gasteiger charge is -2.05. The zero-order valence-electron chi connectivity index (χ0n) is 9.89. The van der Waals surface area contributed by atoms with Gasteiger partial charge in [-0.2, -0.15) is 5.10 Å². The molecule has 2 N–H and O–H groups in total. The van der Waals surface area contributed by atoms with Gasteiger partial charge in [-0.3, -0.25) is 14.6 Å². The van der Waals surface area contributed by atoms with E-state index in [9.17, 15) is 9.59 Å². The number of amides is 1. The fourth-order valence-corrected chi connectivity index (χ4v) is 2.18. The SMILES string of the molecule is O=C(CSc1nncc(=O)[nH]1)Nc1ccc(Cl)c(Cl)c1. The third-order valence-corrected chi connectivity index (χ3v) is 3.70. The van der Waals surface area contributed by atoms with Crippen LogP contribution in [0.15, 0.2) is 34.3 Å². The number of halogens is 2. The maximum absolute atomic E-state index is 11.7. The van der Waals surface area contributed by atoms with Crippen LogP contribution in [0.4, 0.5) is 5.69 Å². The van der Waals surface area contributed by atoms with Crippen LogP contribution in [0.5, 0.6) is 0 Å². The number of hydrogen-bond acceptors (Lipinski definition) is 5. The van der Waals surface area contributed by atoms with E-state index in [1.807, 2.05) is 0 Å². The Balaban J connectivity index is 1.92. The highest BCUT2D eigenvalue weighted by Gasteiger charge is 2.07. The molecule has 0 aliphatic heterocycles. The van der Waals surface area contributed by atoms with Crippen LogP contribution >= 0.6 is 35.0 Å². The van der Waals surface area contributed by atoms with Crippen molar-refractivity contribution in [3.63, 3.8) is 0 Å². The molecule has 104 valence electrons. The van der Waals surface area contributed by atoms with Gasteiger partial charge in [0, 0.05) is 5.69 Å². The predicted molar refractivity (Wildman–Crippen MR) is 78.5 cm³/mol. The number of nitrogens with one attached hydrogen (secondary N) is 2. The van der Waals surface area contributed by atoms with Crippen LogP contribution in [-0.4, -0.2) is 26.8 Å². The summed E-state index contributed by atoms with van der Waals surface area (Å²) in [6.45, 7) is 0. The van der Waals surface area contributed by atoms with Crippen molar-refractivity contribution >= 4 is 46.6 Å². The first-order valence-corrected chi connectivity index (χ1v) is 7.08. The molecule has 6 nitrogen and oxygen atoms in total. The first kappa shape index (κ1) is 14.8. The highest BCUT2D eigenvalue weighted by Crippen LogP contribution is 2.25. The molecule has 2 aromatic rings. The Hall–Kier alpha value is -1.57. The molecule has 1 aromatic carbocycles. The van der Waals surface area contributed by atoms with Crippen molar-refractivity contribution in [1.29, 1.82) is 0 Å². The predicted octanol–water partition coefficient (Wildman–Crippen LogP) is 2.20. The number of benzene rings is 1. The number of aromatic nitrogens is 3. The van der Waals surface area contributed by atoms with Gasteiger partial charge in [-0.25, -0.2) is 0 Å². The number of hydrogen-bond donors (Lipinski definition) is 2. The summed E-state index contributed by atoms with van der Waals surface area (Å²) in [4.78, 5) is 25.2. The molecule has 1 aromatic heterocycles. The zero-order valence-corrected chi connectivity index (χ0v) is 12.2. The summed E-state index contributed by atoms with van der Waals surface area (Å²) in [6, 6.07) is 4.78. The van der Waals surface area contributed by atoms with Crippen LogP contribution in [0.25, 0.3) is 0 Å². The summed E-state index contributed by atoms with van der Waals surface area (Å²) in [7, 11) is 0. The van der Waals surface area contributed by atoms with Gasteiger partial charge in [0.15, 0.2) is 5.16 Å². The minimum Gasteiger partial charge on any atom is -0.325 e. The molecule has 0 fully saturated rings.